The lowest BCUT2D eigenvalue weighted by Gasteiger charge is -2.17. The number of aryl methyl sites for hydroxylation is 1. The molecule has 1 N–H and O–H groups in total. The van der Waals surface area contributed by atoms with Crippen LogP contribution >= 0.6 is 11.3 Å². The highest BCUT2D eigenvalue weighted by Crippen LogP contribution is 2.25. The smallest absolute Gasteiger partial charge is 0.195 e. The Morgan fingerprint density at radius 1 is 1.43 bits per heavy atom. The van der Waals surface area contributed by atoms with Crippen LogP contribution in [0.3, 0.4) is 0 Å². The molecule has 0 saturated carbocycles. The van der Waals surface area contributed by atoms with E-state index in [0.29, 0.717) is 0 Å². The molecule has 21 heavy (non-hydrogen) atoms. The monoisotopic (exact) mass is 304 g/mol. The number of aromatic nitrogens is 2. The first-order valence-corrected chi connectivity index (χ1v) is 7.98. The van der Waals surface area contributed by atoms with E-state index >= 15 is 0 Å². The zero-order chi connectivity index (χ0) is 14.8. The zero-order valence-electron chi connectivity index (χ0n) is 12.6. The van der Waals surface area contributed by atoms with E-state index in [-0.39, 0.29) is 0 Å². The van der Waals surface area contributed by atoms with Crippen LogP contribution in [0.1, 0.15) is 24.1 Å². The highest BCUT2D eigenvalue weighted by Gasteiger charge is 2.17. The number of nitrogens with one attached hydrogen (secondary N) is 1. The van der Waals surface area contributed by atoms with Crippen molar-refractivity contribution >= 4 is 22.1 Å². The van der Waals surface area contributed by atoms with Gasteiger partial charge in [0, 0.05) is 25.2 Å². The zero-order valence-corrected chi connectivity index (χ0v) is 13.4. The minimum absolute atomic E-state index is 0.720. The van der Waals surface area contributed by atoms with Crippen LogP contribution in [0.25, 0.3) is 4.96 Å². The summed E-state index contributed by atoms with van der Waals surface area (Å²) in [6.07, 6.45) is 2.08. The molecule has 3 rings (SSSR count). The number of hydrogen-bond acceptors (Lipinski definition) is 5. The number of anilines is 1. The number of rotatable bonds is 6. The fourth-order valence-electron chi connectivity index (χ4n) is 2.41. The Hall–Kier alpha value is -1.79. The van der Waals surface area contributed by atoms with Crippen LogP contribution in [0.2, 0.25) is 0 Å². The van der Waals surface area contributed by atoms with E-state index in [1.807, 2.05) is 19.1 Å². The fourth-order valence-corrected chi connectivity index (χ4v) is 3.14. The molecule has 0 bridgehead atoms. The summed E-state index contributed by atoms with van der Waals surface area (Å²) < 4.78 is 7.82. The van der Waals surface area contributed by atoms with Gasteiger partial charge in [0.25, 0.3) is 0 Å². The van der Waals surface area contributed by atoms with Crippen LogP contribution < -0.4 is 10.2 Å². The second-order valence-corrected chi connectivity index (χ2v) is 5.96. The number of fused-ring (bicyclic) bond motifs is 1. The van der Waals surface area contributed by atoms with Gasteiger partial charge in [-0.3, -0.25) is 4.40 Å². The summed E-state index contributed by atoms with van der Waals surface area (Å²) in [5.74, 6) is 2.91. The average Bonchev–Trinajstić information content (AvgIpc) is 3.12. The molecule has 0 radical (unpaired) electrons. The molecule has 3 aromatic heterocycles. The highest BCUT2D eigenvalue weighted by atomic mass is 32.1. The first-order valence-electron chi connectivity index (χ1n) is 7.10. The van der Waals surface area contributed by atoms with Crippen LogP contribution in [0, 0.1) is 6.92 Å². The molecule has 5 nitrogen and oxygen atoms in total. The Balaban J connectivity index is 1.88. The molecular weight excluding hydrogens is 284 g/mol. The Morgan fingerprint density at radius 3 is 3.00 bits per heavy atom. The summed E-state index contributed by atoms with van der Waals surface area (Å²) in [4.78, 5) is 7.93. The van der Waals surface area contributed by atoms with Gasteiger partial charge in [-0.1, -0.05) is 6.92 Å². The molecule has 3 aromatic rings. The van der Waals surface area contributed by atoms with Gasteiger partial charge >= 0.3 is 0 Å². The van der Waals surface area contributed by atoms with Crippen LogP contribution in [0.15, 0.2) is 28.1 Å². The van der Waals surface area contributed by atoms with Gasteiger partial charge in [-0.15, -0.1) is 11.3 Å². The molecule has 0 amide bonds. The SMILES string of the molecule is CCNCc1c(N(C)Cc2ccc(C)o2)nc2sccn12. The summed E-state index contributed by atoms with van der Waals surface area (Å²) in [7, 11) is 2.06. The maximum Gasteiger partial charge on any atom is 0.195 e. The van der Waals surface area contributed by atoms with Crippen molar-refractivity contribution in [2.75, 3.05) is 18.5 Å². The van der Waals surface area contributed by atoms with Crippen molar-refractivity contribution in [3.63, 3.8) is 0 Å². The second kappa shape index (κ2) is 5.91. The predicted octanol–water partition coefficient (Wildman–Crippen LogP) is 3.04. The van der Waals surface area contributed by atoms with Crippen molar-refractivity contribution in [1.29, 1.82) is 0 Å². The number of hydrogen-bond donors (Lipinski definition) is 1. The number of furan rings is 1. The molecule has 0 fully saturated rings. The van der Waals surface area contributed by atoms with Gasteiger partial charge in [-0.2, -0.15) is 0 Å². The lowest BCUT2D eigenvalue weighted by molar-refractivity contribution is 0.481. The maximum atomic E-state index is 5.66. The molecule has 0 aliphatic carbocycles. The molecule has 0 unspecified atom stereocenters. The lowest BCUT2D eigenvalue weighted by atomic mass is 10.3. The van der Waals surface area contributed by atoms with Crippen molar-refractivity contribution in [3.8, 4) is 0 Å². The maximum absolute atomic E-state index is 5.66. The molecule has 0 aliphatic rings. The molecule has 3 heterocycles. The van der Waals surface area contributed by atoms with Crippen molar-refractivity contribution in [2.45, 2.75) is 26.9 Å². The highest BCUT2D eigenvalue weighted by molar-refractivity contribution is 7.15. The molecular formula is C15H20N4OS. The van der Waals surface area contributed by atoms with Crippen LogP contribution in [0.4, 0.5) is 5.82 Å². The third-order valence-electron chi connectivity index (χ3n) is 3.43. The van der Waals surface area contributed by atoms with Gasteiger partial charge in [-0.05, 0) is 25.6 Å². The molecule has 6 heteroatoms. The Labute approximate surface area is 128 Å². The molecule has 0 aromatic carbocycles. The van der Waals surface area contributed by atoms with Crippen LogP contribution in [0.5, 0.6) is 0 Å². The van der Waals surface area contributed by atoms with E-state index in [1.54, 1.807) is 11.3 Å². The van der Waals surface area contributed by atoms with E-state index in [1.165, 1.54) is 5.69 Å². The first-order chi connectivity index (χ1) is 10.2. The van der Waals surface area contributed by atoms with Crippen LogP contribution in [-0.2, 0) is 13.1 Å². The lowest BCUT2D eigenvalue weighted by Crippen LogP contribution is -2.21. The molecule has 0 spiro atoms. The van der Waals surface area contributed by atoms with E-state index < -0.39 is 0 Å². The van der Waals surface area contributed by atoms with Crippen molar-refractivity contribution < 1.29 is 4.42 Å². The Morgan fingerprint density at radius 2 is 2.29 bits per heavy atom. The average molecular weight is 304 g/mol. The van der Waals surface area contributed by atoms with Gasteiger partial charge < -0.3 is 14.6 Å². The van der Waals surface area contributed by atoms with Crippen molar-refractivity contribution in [1.82, 2.24) is 14.7 Å². The summed E-state index contributed by atoms with van der Waals surface area (Å²) in [6, 6.07) is 4.02. The van der Waals surface area contributed by atoms with Gasteiger partial charge in [0.1, 0.15) is 11.5 Å². The molecule has 112 valence electrons. The third-order valence-corrected chi connectivity index (χ3v) is 4.19. The van der Waals surface area contributed by atoms with Gasteiger partial charge in [0.05, 0.1) is 12.2 Å². The summed E-state index contributed by atoms with van der Waals surface area (Å²) in [5.41, 5.74) is 1.19. The number of imidazole rings is 1. The van der Waals surface area contributed by atoms with Crippen LogP contribution in [-0.4, -0.2) is 23.0 Å². The quantitative estimate of drug-likeness (QED) is 0.760. The molecule has 0 saturated heterocycles. The third kappa shape index (κ3) is 2.82. The topological polar surface area (TPSA) is 45.7 Å². The summed E-state index contributed by atoms with van der Waals surface area (Å²) in [6.45, 7) is 6.55. The minimum atomic E-state index is 0.720. The molecule has 0 aliphatic heterocycles. The second-order valence-electron chi connectivity index (χ2n) is 5.09. The van der Waals surface area contributed by atoms with E-state index in [0.717, 1.165) is 41.9 Å². The van der Waals surface area contributed by atoms with Crippen molar-refractivity contribution in [2.24, 2.45) is 0 Å². The van der Waals surface area contributed by atoms with Crippen molar-refractivity contribution in [3.05, 3.63) is 40.9 Å². The van der Waals surface area contributed by atoms with Gasteiger partial charge in [-0.25, -0.2) is 4.98 Å². The van der Waals surface area contributed by atoms with E-state index in [9.17, 15) is 0 Å². The Kier molecular flexibility index (Phi) is 3.98. The van der Waals surface area contributed by atoms with E-state index in [4.69, 9.17) is 9.40 Å². The van der Waals surface area contributed by atoms with Gasteiger partial charge in [0.15, 0.2) is 10.8 Å². The number of thiazole rings is 1. The normalized spacial score (nSPS) is 11.4. The standard InChI is InChI=1S/C15H20N4OS/c1-4-16-9-13-14(17-15-19(13)7-8-21-15)18(3)10-12-6-5-11(2)20-12/h5-8,16H,4,9-10H2,1-3H3. The first kappa shape index (κ1) is 14.2. The summed E-state index contributed by atoms with van der Waals surface area (Å²) >= 11 is 1.66. The largest absolute Gasteiger partial charge is 0.464 e. The Bertz CT molecular complexity index is 727. The predicted molar refractivity (Wildman–Crippen MR) is 86.0 cm³/mol. The number of nitrogens with zero attached hydrogens (tertiary/aromatic N) is 3. The van der Waals surface area contributed by atoms with E-state index in [2.05, 4.69) is 40.2 Å². The summed E-state index contributed by atoms with van der Waals surface area (Å²) in [5, 5.41) is 5.46. The molecule has 0 atom stereocenters. The minimum Gasteiger partial charge on any atom is -0.464 e. The van der Waals surface area contributed by atoms with Gasteiger partial charge in [0.2, 0.25) is 0 Å². The fraction of sp³-hybridized carbons (Fsp3) is 0.400.